The van der Waals surface area contributed by atoms with Crippen LogP contribution in [0.2, 0.25) is 0 Å². The van der Waals surface area contributed by atoms with Crippen LogP contribution in [0.15, 0.2) is 89.6 Å². The summed E-state index contributed by atoms with van der Waals surface area (Å²) in [6, 6.07) is 18.6. The maximum atomic E-state index is 13.1. The lowest BCUT2D eigenvalue weighted by Crippen LogP contribution is -2.57. The Kier molecular flexibility index (Phi) is 14.1. The molecule has 4 N–H and O–H groups in total. The first-order chi connectivity index (χ1) is 22.3. The molecule has 46 heavy (non-hydrogen) atoms. The maximum absolute atomic E-state index is 13.1. The second-order valence-electron chi connectivity index (χ2n) is 11.6. The molecule has 0 spiro atoms. The number of benzene rings is 2. The summed E-state index contributed by atoms with van der Waals surface area (Å²) in [6.45, 7) is 4.62. The molecule has 2 heterocycles. The van der Waals surface area contributed by atoms with Crippen molar-refractivity contribution in [2.45, 2.75) is 69.3 Å². The van der Waals surface area contributed by atoms with Gasteiger partial charge in [0.15, 0.2) is 0 Å². The fourth-order valence-corrected chi connectivity index (χ4v) is 6.38. The number of aliphatic hydroxyl groups is 1. The summed E-state index contributed by atoms with van der Waals surface area (Å²) in [5, 5.41) is 21.0. The van der Waals surface area contributed by atoms with Crippen LogP contribution in [0.3, 0.4) is 0 Å². The third kappa shape index (κ3) is 11.6. The third-order valence-electron chi connectivity index (χ3n) is 7.66. The standard InChI is InChI=1S/C34H44N6O4S2/c1-24(2)31(39-33(42)40(3)20-29-19-36-23-46-29)32(41)37-27(18-25-10-6-4-7-11-25)14-15-30(26-12-8-5-9-13-26)38-34(43)44-21-28-16-17-35-22-45-28/h4-13,16-17,19,22-24,27-28,30-32,37,41H,14-15,18,20-21H2,1-3H3,(H,38,43)(H,39,42)/t27?,28?,30-,31?,32?/m0/s1. The number of aliphatic hydroxyl groups excluding tert-OH is 1. The summed E-state index contributed by atoms with van der Waals surface area (Å²) in [5.41, 5.74) is 5.56. The van der Waals surface area contributed by atoms with Gasteiger partial charge in [-0.1, -0.05) is 74.5 Å². The Bertz CT molecular complexity index is 1390. The van der Waals surface area contributed by atoms with Gasteiger partial charge in [-0.2, -0.15) is 0 Å². The lowest BCUT2D eigenvalue weighted by Gasteiger charge is -2.33. The number of carbonyl (C=O) groups excluding carboxylic acids is 2. The van der Waals surface area contributed by atoms with Crippen molar-refractivity contribution in [3.05, 3.63) is 101 Å². The zero-order valence-electron chi connectivity index (χ0n) is 26.5. The minimum atomic E-state index is -1.01. The van der Waals surface area contributed by atoms with Crippen LogP contribution in [-0.2, 0) is 17.7 Å². The fourth-order valence-electron chi connectivity index (χ4n) is 5.13. The number of amides is 3. The number of thiazole rings is 1. The number of urea groups is 1. The molecule has 246 valence electrons. The van der Waals surface area contributed by atoms with E-state index in [1.807, 2.05) is 68.5 Å². The van der Waals surface area contributed by atoms with Gasteiger partial charge in [0, 0.05) is 30.4 Å². The average Bonchev–Trinajstić information content (AvgIpc) is 3.58. The second-order valence-corrected chi connectivity index (χ2v) is 13.7. The van der Waals surface area contributed by atoms with Gasteiger partial charge >= 0.3 is 12.1 Å². The second kappa shape index (κ2) is 18.4. The lowest BCUT2D eigenvalue weighted by atomic mass is 9.94. The molecular formula is C34H44N6O4S2. The number of aliphatic imine (C=N–C) groups is 1. The zero-order valence-corrected chi connectivity index (χ0v) is 28.1. The monoisotopic (exact) mass is 664 g/mol. The van der Waals surface area contributed by atoms with Crippen LogP contribution in [-0.4, -0.2) is 69.9 Å². The minimum absolute atomic E-state index is 0.0289. The Morgan fingerprint density at radius 3 is 2.43 bits per heavy atom. The van der Waals surface area contributed by atoms with Gasteiger partial charge in [-0.05, 0) is 42.4 Å². The SMILES string of the molecule is CC(C)C(NC(=O)N(C)Cc1cncs1)C(O)NC(CC[C@H](NC(=O)OCC1C=CN=CS1)c1ccccc1)Cc1ccccc1. The minimum Gasteiger partial charge on any atom is -0.448 e. The Hall–Kier alpha value is -3.71. The van der Waals surface area contributed by atoms with E-state index in [-0.39, 0.29) is 35.9 Å². The van der Waals surface area contributed by atoms with Crippen molar-refractivity contribution >= 4 is 40.8 Å². The Morgan fingerprint density at radius 1 is 1.04 bits per heavy atom. The molecule has 4 unspecified atom stereocenters. The molecule has 3 amide bonds. The Balaban J connectivity index is 1.42. The van der Waals surface area contributed by atoms with E-state index in [0.29, 0.717) is 25.8 Å². The van der Waals surface area contributed by atoms with Crippen molar-refractivity contribution in [1.29, 1.82) is 0 Å². The summed E-state index contributed by atoms with van der Waals surface area (Å²) >= 11 is 3.00. The molecule has 0 fully saturated rings. The van der Waals surface area contributed by atoms with Crippen molar-refractivity contribution in [3.63, 3.8) is 0 Å². The maximum Gasteiger partial charge on any atom is 0.407 e. The molecule has 0 aliphatic carbocycles. The number of hydrogen-bond donors (Lipinski definition) is 4. The van der Waals surface area contributed by atoms with E-state index in [2.05, 4.69) is 38.1 Å². The van der Waals surface area contributed by atoms with Gasteiger partial charge in [0.1, 0.15) is 12.8 Å². The van der Waals surface area contributed by atoms with Gasteiger partial charge in [-0.3, -0.25) is 15.3 Å². The summed E-state index contributed by atoms with van der Waals surface area (Å²) in [7, 11) is 1.73. The van der Waals surface area contributed by atoms with Gasteiger partial charge in [-0.15, -0.1) is 23.1 Å². The summed E-state index contributed by atoms with van der Waals surface area (Å²) in [6.07, 6.45) is 5.75. The van der Waals surface area contributed by atoms with E-state index in [1.54, 1.807) is 35.4 Å². The number of nitrogens with zero attached hydrogens (tertiary/aromatic N) is 3. The van der Waals surface area contributed by atoms with Crippen molar-refractivity contribution < 1.29 is 19.4 Å². The normalized spacial score (nSPS) is 16.8. The molecule has 2 aromatic carbocycles. The molecule has 1 aromatic heterocycles. The third-order valence-corrected chi connectivity index (χ3v) is 9.31. The number of ether oxygens (including phenoxy) is 1. The van der Waals surface area contributed by atoms with Crippen molar-refractivity contribution in [2.24, 2.45) is 10.9 Å². The lowest BCUT2D eigenvalue weighted by molar-refractivity contribution is 0.0617. The van der Waals surface area contributed by atoms with E-state index in [4.69, 9.17) is 4.74 Å². The molecule has 0 bridgehead atoms. The number of aromatic nitrogens is 1. The molecule has 4 rings (SSSR count). The molecule has 1 aliphatic rings. The molecule has 12 heteroatoms. The molecule has 3 aromatic rings. The molecule has 0 radical (unpaired) electrons. The average molecular weight is 665 g/mol. The van der Waals surface area contributed by atoms with Gasteiger partial charge in [0.2, 0.25) is 0 Å². The summed E-state index contributed by atoms with van der Waals surface area (Å²) < 4.78 is 5.56. The number of hydrogen-bond acceptors (Lipinski definition) is 9. The van der Waals surface area contributed by atoms with Crippen LogP contribution in [0, 0.1) is 5.92 Å². The van der Waals surface area contributed by atoms with Crippen molar-refractivity contribution in [3.8, 4) is 0 Å². The predicted octanol–water partition coefficient (Wildman–Crippen LogP) is 5.73. The topological polar surface area (TPSA) is 128 Å². The molecule has 1 aliphatic heterocycles. The number of thioether (sulfide) groups is 1. The zero-order chi connectivity index (χ0) is 32.7. The van der Waals surface area contributed by atoms with Crippen LogP contribution in [0.4, 0.5) is 9.59 Å². The highest BCUT2D eigenvalue weighted by molar-refractivity contribution is 8.12. The summed E-state index contributed by atoms with van der Waals surface area (Å²) in [4.78, 5) is 36.7. The molecule has 0 saturated carbocycles. The van der Waals surface area contributed by atoms with E-state index < -0.39 is 18.4 Å². The Labute approximate surface area is 279 Å². The van der Waals surface area contributed by atoms with Crippen LogP contribution in [0.25, 0.3) is 0 Å². The summed E-state index contributed by atoms with van der Waals surface area (Å²) in [5.74, 6) is -0.0439. The van der Waals surface area contributed by atoms with Crippen LogP contribution in [0.1, 0.15) is 48.7 Å². The number of rotatable bonds is 16. The first kappa shape index (κ1) is 35.1. The predicted molar refractivity (Wildman–Crippen MR) is 186 cm³/mol. The first-order valence-electron chi connectivity index (χ1n) is 15.5. The molecular weight excluding hydrogens is 621 g/mol. The van der Waals surface area contributed by atoms with Crippen molar-refractivity contribution in [2.75, 3.05) is 13.7 Å². The molecule has 10 nitrogen and oxygen atoms in total. The van der Waals surface area contributed by atoms with Crippen LogP contribution < -0.4 is 16.0 Å². The first-order valence-corrected chi connectivity index (χ1v) is 17.3. The van der Waals surface area contributed by atoms with Gasteiger partial charge in [0.05, 0.1) is 34.9 Å². The van der Waals surface area contributed by atoms with Crippen LogP contribution in [0.5, 0.6) is 0 Å². The van der Waals surface area contributed by atoms with E-state index in [9.17, 15) is 14.7 Å². The number of nitrogens with one attached hydrogen (secondary N) is 3. The van der Waals surface area contributed by atoms with Gasteiger partial charge < -0.3 is 25.4 Å². The molecule has 0 saturated heterocycles. The van der Waals surface area contributed by atoms with Crippen molar-refractivity contribution in [1.82, 2.24) is 25.8 Å². The highest BCUT2D eigenvalue weighted by Crippen LogP contribution is 2.22. The van der Waals surface area contributed by atoms with Gasteiger partial charge in [0.25, 0.3) is 0 Å². The van der Waals surface area contributed by atoms with Crippen LogP contribution >= 0.6 is 23.1 Å². The smallest absolute Gasteiger partial charge is 0.407 e. The van der Waals surface area contributed by atoms with E-state index in [1.165, 1.54) is 23.1 Å². The van der Waals surface area contributed by atoms with E-state index >= 15 is 0 Å². The fraction of sp³-hybridized carbons (Fsp3) is 0.412. The highest BCUT2D eigenvalue weighted by Gasteiger charge is 2.29. The Morgan fingerprint density at radius 2 is 1.78 bits per heavy atom. The quantitative estimate of drug-likeness (QED) is 0.144. The highest BCUT2D eigenvalue weighted by atomic mass is 32.2. The van der Waals surface area contributed by atoms with E-state index in [0.717, 1.165) is 16.0 Å². The number of alkyl carbamates (subject to hydrolysis) is 1. The molecule has 5 atom stereocenters. The number of carbonyl (C=O) groups is 2. The van der Waals surface area contributed by atoms with Gasteiger partial charge in [-0.25, -0.2) is 9.59 Å². The largest absolute Gasteiger partial charge is 0.448 e.